The van der Waals surface area contributed by atoms with Crippen molar-refractivity contribution in [2.75, 3.05) is 0 Å². The maximum Gasteiger partial charge on any atom is 0.306 e. The number of carbonyl (C=O) groups excluding carboxylic acids is 1. The molecule has 0 aliphatic rings. The fourth-order valence-corrected chi connectivity index (χ4v) is 4.82. The highest BCUT2D eigenvalue weighted by molar-refractivity contribution is 5.69. The number of ether oxygens (including phenoxy) is 1. The van der Waals surface area contributed by atoms with Gasteiger partial charge in [-0.2, -0.15) is 0 Å². The normalized spacial score (nSPS) is 12.3. The van der Waals surface area contributed by atoms with Crippen molar-refractivity contribution < 1.29 is 19.4 Å². The molecule has 0 fully saturated rings. The van der Waals surface area contributed by atoms with Gasteiger partial charge in [0, 0.05) is 12.8 Å². The van der Waals surface area contributed by atoms with E-state index in [0.717, 1.165) is 57.8 Å². The topological polar surface area (TPSA) is 63.6 Å². The van der Waals surface area contributed by atoms with Crippen LogP contribution in [0.15, 0.2) is 12.2 Å². The summed E-state index contributed by atoms with van der Waals surface area (Å²) in [6.45, 7) is 4.48. The van der Waals surface area contributed by atoms with Crippen molar-refractivity contribution in [2.45, 2.75) is 187 Å². The number of carboxylic acid groups (broad SMARTS) is 1. The summed E-state index contributed by atoms with van der Waals surface area (Å²) in [5.41, 5.74) is 0. The van der Waals surface area contributed by atoms with Gasteiger partial charge in [0.25, 0.3) is 0 Å². The van der Waals surface area contributed by atoms with Crippen LogP contribution in [0.4, 0.5) is 0 Å². The van der Waals surface area contributed by atoms with Crippen molar-refractivity contribution >= 4 is 11.9 Å². The van der Waals surface area contributed by atoms with E-state index in [1.807, 2.05) is 0 Å². The van der Waals surface area contributed by atoms with Crippen LogP contribution in [0.2, 0.25) is 0 Å². The standard InChI is InChI=1S/C33H62O4/c1-3-5-7-9-10-11-12-13-14-19-22-26-30-33(36)37-31(27-23-8-6-4-2)28-24-20-17-15-16-18-21-25-29-32(34)35/h10-11,31H,3-9,12-30H2,1-2H3,(H,34,35)/b11-10-. The lowest BCUT2D eigenvalue weighted by atomic mass is 10.0. The molecule has 0 saturated heterocycles. The van der Waals surface area contributed by atoms with Crippen LogP contribution in [0, 0.1) is 0 Å². The number of carboxylic acids is 1. The van der Waals surface area contributed by atoms with E-state index in [9.17, 15) is 9.59 Å². The van der Waals surface area contributed by atoms with Crippen LogP contribution in [-0.4, -0.2) is 23.1 Å². The first-order valence-corrected chi connectivity index (χ1v) is 16.2. The highest BCUT2D eigenvalue weighted by Crippen LogP contribution is 2.18. The van der Waals surface area contributed by atoms with E-state index < -0.39 is 5.97 Å². The first-order valence-electron chi connectivity index (χ1n) is 16.2. The highest BCUT2D eigenvalue weighted by atomic mass is 16.5. The van der Waals surface area contributed by atoms with Gasteiger partial charge in [-0.05, 0) is 64.2 Å². The maximum absolute atomic E-state index is 12.5. The van der Waals surface area contributed by atoms with Gasteiger partial charge in [0.2, 0.25) is 0 Å². The summed E-state index contributed by atoms with van der Waals surface area (Å²) in [6.07, 6.45) is 33.8. The number of hydrogen-bond acceptors (Lipinski definition) is 3. The lowest BCUT2D eigenvalue weighted by Gasteiger charge is -2.18. The van der Waals surface area contributed by atoms with Crippen molar-refractivity contribution in [3.05, 3.63) is 12.2 Å². The Hall–Kier alpha value is -1.32. The Morgan fingerprint density at radius 2 is 0.973 bits per heavy atom. The number of allylic oxidation sites excluding steroid dienone is 2. The molecule has 0 aromatic carbocycles. The molecule has 0 aliphatic heterocycles. The molecule has 0 bridgehead atoms. The van der Waals surface area contributed by atoms with Gasteiger partial charge in [-0.1, -0.05) is 116 Å². The maximum atomic E-state index is 12.5. The second-order valence-corrected chi connectivity index (χ2v) is 11.0. The Morgan fingerprint density at radius 1 is 0.568 bits per heavy atom. The third-order valence-electron chi connectivity index (χ3n) is 7.24. The Balaban J connectivity index is 3.88. The third kappa shape index (κ3) is 29.1. The average Bonchev–Trinajstić information content (AvgIpc) is 2.88. The quantitative estimate of drug-likeness (QED) is 0.0602. The van der Waals surface area contributed by atoms with E-state index in [4.69, 9.17) is 9.84 Å². The zero-order chi connectivity index (χ0) is 27.2. The van der Waals surface area contributed by atoms with Crippen LogP contribution < -0.4 is 0 Å². The largest absolute Gasteiger partial charge is 0.481 e. The van der Waals surface area contributed by atoms with Gasteiger partial charge in [-0.3, -0.25) is 9.59 Å². The lowest BCUT2D eigenvalue weighted by molar-refractivity contribution is -0.150. The molecule has 1 atom stereocenters. The van der Waals surface area contributed by atoms with E-state index in [-0.39, 0.29) is 12.1 Å². The molecule has 0 aromatic heterocycles. The van der Waals surface area contributed by atoms with Crippen LogP contribution in [-0.2, 0) is 14.3 Å². The summed E-state index contributed by atoms with van der Waals surface area (Å²) >= 11 is 0. The molecular weight excluding hydrogens is 460 g/mol. The lowest BCUT2D eigenvalue weighted by Crippen LogP contribution is -2.18. The molecule has 4 heteroatoms. The molecule has 0 rings (SSSR count). The SMILES string of the molecule is CCCCC/C=C\CCCCCCCC(=O)OC(CCCCCC)CCCCCCCCCCC(=O)O. The van der Waals surface area contributed by atoms with Crippen LogP contribution in [0.1, 0.15) is 181 Å². The second-order valence-electron chi connectivity index (χ2n) is 11.0. The summed E-state index contributed by atoms with van der Waals surface area (Å²) < 4.78 is 5.93. The van der Waals surface area contributed by atoms with Crippen LogP contribution >= 0.6 is 0 Å². The zero-order valence-corrected chi connectivity index (χ0v) is 24.8. The minimum Gasteiger partial charge on any atom is -0.481 e. The molecule has 218 valence electrons. The number of esters is 1. The molecule has 1 N–H and O–H groups in total. The van der Waals surface area contributed by atoms with E-state index in [0.29, 0.717) is 12.8 Å². The molecule has 37 heavy (non-hydrogen) atoms. The highest BCUT2D eigenvalue weighted by Gasteiger charge is 2.14. The Morgan fingerprint density at radius 3 is 1.51 bits per heavy atom. The smallest absolute Gasteiger partial charge is 0.306 e. The molecule has 0 radical (unpaired) electrons. The molecule has 0 saturated carbocycles. The summed E-state index contributed by atoms with van der Waals surface area (Å²) in [6, 6.07) is 0. The summed E-state index contributed by atoms with van der Waals surface area (Å²) in [7, 11) is 0. The van der Waals surface area contributed by atoms with Crippen molar-refractivity contribution in [3.63, 3.8) is 0 Å². The number of hydrogen-bond donors (Lipinski definition) is 1. The second kappa shape index (κ2) is 29.2. The molecule has 1 unspecified atom stereocenters. The zero-order valence-electron chi connectivity index (χ0n) is 24.8. The fourth-order valence-electron chi connectivity index (χ4n) is 4.82. The molecule has 0 heterocycles. The Labute approximate surface area is 230 Å². The minimum atomic E-state index is -0.683. The van der Waals surface area contributed by atoms with Crippen LogP contribution in [0.3, 0.4) is 0 Å². The summed E-state index contributed by atoms with van der Waals surface area (Å²) in [5, 5.41) is 8.68. The average molecular weight is 523 g/mol. The van der Waals surface area contributed by atoms with Crippen LogP contribution in [0.25, 0.3) is 0 Å². The van der Waals surface area contributed by atoms with Crippen molar-refractivity contribution in [1.29, 1.82) is 0 Å². The Kier molecular flexibility index (Phi) is 28.2. The number of rotatable bonds is 29. The van der Waals surface area contributed by atoms with Gasteiger partial charge in [0.05, 0.1) is 0 Å². The van der Waals surface area contributed by atoms with E-state index >= 15 is 0 Å². The van der Waals surface area contributed by atoms with Gasteiger partial charge < -0.3 is 9.84 Å². The first-order chi connectivity index (χ1) is 18.1. The van der Waals surface area contributed by atoms with Crippen LogP contribution in [0.5, 0.6) is 0 Å². The minimum absolute atomic E-state index is 0.0110. The number of aliphatic carboxylic acids is 1. The molecule has 4 nitrogen and oxygen atoms in total. The molecule has 0 spiro atoms. The molecule has 0 aromatic rings. The van der Waals surface area contributed by atoms with E-state index in [2.05, 4.69) is 26.0 Å². The van der Waals surface area contributed by atoms with Crippen molar-refractivity contribution in [1.82, 2.24) is 0 Å². The third-order valence-corrected chi connectivity index (χ3v) is 7.24. The monoisotopic (exact) mass is 522 g/mol. The molecular formula is C33H62O4. The molecule has 0 amide bonds. The Bertz CT molecular complexity index is 528. The van der Waals surface area contributed by atoms with Gasteiger partial charge in [0.15, 0.2) is 0 Å². The van der Waals surface area contributed by atoms with E-state index in [1.165, 1.54) is 96.3 Å². The molecule has 0 aliphatic carbocycles. The van der Waals surface area contributed by atoms with Gasteiger partial charge in [-0.15, -0.1) is 0 Å². The summed E-state index contributed by atoms with van der Waals surface area (Å²) in [4.78, 5) is 23.0. The van der Waals surface area contributed by atoms with Gasteiger partial charge in [-0.25, -0.2) is 0 Å². The van der Waals surface area contributed by atoms with Crippen molar-refractivity contribution in [3.8, 4) is 0 Å². The van der Waals surface area contributed by atoms with E-state index in [1.54, 1.807) is 0 Å². The first kappa shape index (κ1) is 35.7. The number of unbranched alkanes of at least 4 members (excludes halogenated alkanes) is 18. The predicted molar refractivity (Wildman–Crippen MR) is 158 cm³/mol. The van der Waals surface area contributed by atoms with Crippen molar-refractivity contribution in [2.24, 2.45) is 0 Å². The van der Waals surface area contributed by atoms with Gasteiger partial charge >= 0.3 is 11.9 Å². The fraction of sp³-hybridized carbons (Fsp3) is 0.879. The van der Waals surface area contributed by atoms with Gasteiger partial charge in [0.1, 0.15) is 6.10 Å². The predicted octanol–water partition coefficient (Wildman–Crippen LogP) is 10.7. The summed E-state index contributed by atoms with van der Waals surface area (Å²) in [5.74, 6) is -0.672. The number of carbonyl (C=O) groups is 2.